The molecule has 1 N–H and O–H groups in total. The number of carboxylic acids is 1. The molecule has 5 heteroatoms. The van der Waals surface area contributed by atoms with E-state index in [1.807, 2.05) is 0 Å². The van der Waals surface area contributed by atoms with Crippen LogP contribution < -0.4 is 0 Å². The smallest absolute Gasteiger partial charge is 0.307 e. The zero-order valence-electron chi connectivity index (χ0n) is 11.5. The molecule has 0 atom stereocenters. The number of hydrogen-bond donors (Lipinski definition) is 1. The minimum Gasteiger partial charge on any atom is -0.481 e. The number of carbonyl (C=O) groups excluding carboxylic acids is 1. The van der Waals surface area contributed by atoms with Crippen molar-refractivity contribution in [3.05, 3.63) is 34.5 Å². The molecule has 0 spiro atoms. The molecular weight excluding hydrogens is 279 g/mol. The minimum atomic E-state index is -1.03. The van der Waals surface area contributed by atoms with E-state index in [0.29, 0.717) is 15.8 Å². The number of thiophene rings is 1. The molecular formula is C15H15FO3S. The first kappa shape index (κ1) is 14.7. The Bertz CT molecular complexity index is 695. The van der Waals surface area contributed by atoms with Gasteiger partial charge in [-0.25, -0.2) is 4.39 Å². The molecule has 0 bridgehead atoms. The van der Waals surface area contributed by atoms with Gasteiger partial charge >= 0.3 is 5.97 Å². The molecule has 1 heterocycles. The SMILES string of the molecule is CC(C)(C)C(=O)c1sc2ccc(F)cc2c1CC(=O)O. The lowest BCUT2D eigenvalue weighted by Gasteiger charge is -2.16. The Hall–Kier alpha value is -1.75. The lowest BCUT2D eigenvalue weighted by molar-refractivity contribution is -0.136. The minimum absolute atomic E-state index is 0.115. The Balaban J connectivity index is 2.70. The van der Waals surface area contributed by atoms with Gasteiger partial charge in [0.1, 0.15) is 5.82 Å². The second-order valence-electron chi connectivity index (χ2n) is 5.70. The third-order valence-electron chi connectivity index (χ3n) is 2.97. The molecule has 0 amide bonds. The molecule has 20 heavy (non-hydrogen) atoms. The molecule has 0 aliphatic rings. The number of hydrogen-bond acceptors (Lipinski definition) is 3. The molecule has 0 saturated heterocycles. The fraction of sp³-hybridized carbons (Fsp3) is 0.333. The number of aliphatic carboxylic acids is 1. The van der Waals surface area contributed by atoms with Gasteiger partial charge in [-0.2, -0.15) is 0 Å². The van der Waals surface area contributed by atoms with Crippen molar-refractivity contribution in [2.45, 2.75) is 27.2 Å². The van der Waals surface area contributed by atoms with Gasteiger partial charge in [-0.3, -0.25) is 9.59 Å². The predicted molar refractivity (Wildman–Crippen MR) is 76.9 cm³/mol. The van der Waals surface area contributed by atoms with Crippen LogP contribution in [0.4, 0.5) is 4.39 Å². The average molecular weight is 294 g/mol. The monoisotopic (exact) mass is 294 g/mol. The molecule has 1 aromatic carbocycles. The molecule has 106 valence electrons. The van der Waals surface area contributed by atoms with Crippen molar-refractivity contribution in [2.24, 2.45) is 5.41 Å². The van der Waals surface area contributed by atoms with Gasteiger partial charge in [0.2, 0.25) is 0 Å². The quantitative estimate of drug-likeness (QED) is 0.874. The van der Waals surface area contributed by atoms with Crippen molar-refractivity contribution >= 4 is 33.2 Å². The maximum absolute atomic E-state index is 13.4. The highest BCUT2D eigenvalue weighted by Crippen LogP contribution is 2.36. The highest BCUT2D eigenvalue weighted by atomic mass is 32.1. The largest absolute Gasteiger partial charge is 0.481 e. The van der Waals surface area contributed by atoms with Crippen LogP contribution in [0.2, 0.25) is 0 Å². The van der Waals surface area contributed by atoms with Crippen LogP contribution in [0.25, 0.3) is 10.1 Å². The lowest BCUT2D eigenvalue weighted by atomic mass is 9.88. The molecule has 0 aliphatic heterocycles. The first-order chi connectivity index (χ1) is 9.20. The Kier molecular flexibility index (Phi) is 3.65. The van der Waals surface area contributed by atoms with Crippen molar-refractivity contribution < 1.29 is 19.1 Å². The Morgan fingerprint density at radius 1 is 1.30 bits per heavy atom. The number of fused-ring (bicyclic) bond motifs is 1. The van der Waals surface area contributed by atoms with E-state index < -0.39 is 17.2 Å². The first-order valence-electron chi connectivity index (χ1n) is 6.17. The number of rotatable bonds is 3. The second kappa shape index (κ2) is 4.98. The van der Waals surface area contributed by atoms with E-state index in [4.69, 9.17) is 5.11 Å². The van der Waals surface area contributed by atoms with Crippen LogP contribution in [0.3, 0.4) is 0 Å². The Labute approximate surface area is 120 Å². The maximum atomic E-state index is 13.4. The van der Waals surface area contributed by atoms with Crippen LogP contribution >= 0.6 is 11.3 Å². The van der Waals surface area contributed by atoms with Crippen molar-refractivity contribution in [1.82, 2.24) is 0 Å². The third kappa shape index (κ3) is 2.72. The summed E-state index contributed by atoms with van der Waals surface area (Å²) in [5.74, 6) is -1.58. The summed E-state index contributed by atoms with van der Waals surface area (Å²) >= 11 is 1.23. The first-order valence-corrected chi connectivity index (χ1v) is 6.99. The fourth-order valence-electron chi connectivity index (χ4n) is 1.97. The summed E-state index contributed by atoms with van der Waals surface area (Å²) < 4.78 is 14.1. The maximum Gasteiger partial charge on any atom is 0.307 e. The summed E-state index contributed by atoms with van der Waals surface area (Å²) in [7, 11) is 0. The van der Waals surface area contributed by atoms with Crippen LogP contribution in [0, 0.1) is 11.2 Å². The van der Waals surface area contributed by atoms with Gasteiger partial charge < -0.3 is 5.11 Å². The molecule has 0 aliphatic carbocycles. The van der Waals surface area contributed by atoms with Gasteiger partial charge in [0.05, 0.1) is 11.3 Å². The van der Waals surface area contributed by atoms with Crippen LogP contribution in [0.1, 0.15) is 36.0 Å². The number of carboxylic acid groups (broad SMARTS) is 1. The predicted octanol–water partition coefficient (Wildman–Crippen LogP) is 3.90. The standard InChI is InChI=1S/C15H15FO3S/c1-15(2,3)14(19)13-10(7-12(17)18)9-6-8(16)4-5-11(9)20-13/h4-6H,7H2,1-3H3,(H,17,18). The highest BCUT2D eigenvalue weighted by molar-refractivity contribution is 7.21. The molecule has 2 aromatic rings. The topological polar surface area (TPSA) is 54.4 Å². The van der Waals surface area contributed by atoms with Gasteiger partial charge in [-0.1, -0.05) is 20.8 Å². The summed E-state index contributed by atoms with van der Waals surface area (Å²) in [6, 6.07) is 4.19. The number of ketones is 1. The normalized spacial score (nSPS) is 11.8. The van der Waals surface area contributed by atoms with E-state index in [1.165, 1.54) is 23.5 Å². The molecule has 0 unspecified atom stereocenters. The van der Waals surface area contributed by atoms with E-state index in [9.17, 15) is 14.0 Å². The van der Waals surface area contributed by atoms with Crippen molar-refractivity contribution in [2.75, 3.05) is 0 Å². The summed E-state index contributed by atoms with van der Waals surface area (Å²) in [5.41, 5.74) is -0.191. The Morgan fingerprint density at radius 3 is 2.50 bits per heavy atom. The zero-order valence-corrected chi connectivity index (χ0v) is 12.3. The van der Waals surface area contributed by atoms with Crippen LogP contribution in [-0.4, -0.2) is 16.9 Å². The van der Waals surface area contributed by atoms with E-state index in [0.717, 1.165) is 4.70 Å². The molecule has 0 saturated carbocycles. The summed E-state index contributed by atoms with van der Waals surface area (Å²) in [6.45, 7) is 5.35. The Morgan fingerprint density at radius 2 is 1.95 bits per heavy atom. The average Bonchev–Trinajstić information content (AvgIpc) is 2.65. The molecule has 3 nitrogen and oxygen atoms in total. The molecule has 1 aromatic heterocycles. The number of benzene rings is 1. The number of halogens is 1. The van der Waals surface area contributed by atoms with Crippen molar-refractivity contribution in [3.8, 4) is 0 Å². The van der Waals surface area contributed by atoms with Crippen molar-refractivity contribution in [1.29, 1.82) is 0 Å². The van der Waals surface area contributed by atoms with Gasteiger partial charge in [0.25, 0.3) is 0 Å². The van der Waals surface area contributed by atoms with E-state index >= 15 is 0 Å². The lowest BCUT2D eigenvalue weighted by Crippen LogP contribution is -2.20. The highest BCUT2D eigenvalue weighted by Gasteiger charge is 2.28. The summed E-state index contributed by atoms with van der Waals surface area (Å²) in [6.07, 6.45) is -0.277. The summed E-state index contributed by atoms with van der Waals surface area (Å²) in [4.78, 5) is 23.9. The van der Waals surface area contributed by atoms with E-state index in [1.54, 1.807) is 26.8 Å². The van der Waals surface area contributed by atoms with Gasteiger partial charge in [0, 0.05) is 10.1 Å². The summed E-state index contributed by atoms with van der Waals surface area (Å²) in [5, 5.41) is 9.54. The van der Waals surface area contributed by atoms with E-state index in [-0.39, 0.29) is 12.2 Å². The van der Waals surface area contributed by atoms with Crippen LogP contribution in [0.5, 0.6) is 0 Å². The van der Waals surface area contributed by atoms with Crippen molar-refractivity contribution in [3.63, 3.8) is 0 Å². The molecule has 0 fully saturated rings. The second-order valence-corrected chi connectivity index (χ2v) is 6.75. The molecule has 2 rings (SSSR count). The van der Waals surface area contributed by atoms with Gasteiger partial charge in [0.15, 0.2) is 5.78 Å². The number of carbonyl (C=O) groups is 2. The van der Waals surface area contributed by atoms with E-state index in [2.05, 4.69) is 0 Å². The number of Topliss-reactive ketones (excluding diaryl/α,β-unsaturated/α-hetero) is 1. The fourth-order valence-corrected chi connectivity index (χ4v) is 3.32. The van der Waals surface area contributed by atoms with Crippen LogP contribution in [-0.2, 0) is 11.2 Å². The zero-order chi connectivity index (χ0) is 15.1. The third-order valence-corrected chi connectivity index (χ3v) is 4.18. The van der Waals surface area contributed by atoms with Crippen LogP contribution in [0.15, 0.2) is 18.2 Å². The van der Waals surface area contributed by atoms with Gasteiger partial charge in [-0.05, 0) is 29.1 Å². The molecule has 0 radical (unpaired) electrons. The van der Waals surface area contributed by atoms with Gasteiger partial charge in [-0.15, -0.1) is 11.3 Å².